The molecule has 0 saturated carbocycles. The molecule has 0 aliphatic heterocycles. The minimum Gasteiger partial charge on any atom is -0.302 e. The van der Waals surface area contributed by atoms with E-state index < -0.39 is 0 Å². The molecule has 0 fully saturated rings. The van der Waals surface area contributed by atoms with Gasteiger partial charge in [0.25, 0.3) is 0 Å². The lowest BCUT2D eigenvalue weighted by Gasteiger charge is -2.20. The van der Waals surface area contributed by atoms with Gasteiger partial charge in [-0.15, -0.1) is 6.42 Å². The van der Waals surface area contributed by atoms with Crippen molar-refractivity contribution in [3.63, 3.8) is 0 Å². The number of hydrogen-bond donors (Lipinski definition) is 1. The van der Waals surface area contributed by atoms with Crippen molar-refractivity contribution in [1.29, 1.82) is 0 Å². The van der Waals surface area contributed by atoms with Crippen molar-refractivity contribution in [2.75, 3.05) is 19.6 Å². The van der Waals surface area contributed by atoms with Crippen LogP contribution in [-0.4, -0.2) is 24.5 Å². The van der Waals surface area contributed by atoms with Crippen LogP contribution in [0.2, 0.25) is 0 Å². The van der Waals surface area contributed by atoms with E-state index in [9.17, 15) is 0 Å². The third-order valence-electron chi connectivity index (χ3n) is 2.95. The van der Waals surface area contributed by atoms with Crippen LogP contribution in [0.4, 0.5) is 0 Å². The Morgan fingerprint density at radius 1 is 1.18 bits per heavy atom. The van der Waals surface area contributed by atoms with Gasteiger partial charge in [-0.2, -0.15) is 0 Å². The predicted octanol–water partition coefficient (Wildman–Crippen LogP) is 2.25. The molecular weight excluding hydrogens is 208 g/mol. The van der Waals surface area contributed by atoms with E-state index in [1.165, 1.54) is 11.1 Å². The number of rotatable bonds is 7. The molecule has 0 amide bonds. The van der Waals surface area contributed by atoms with Gasteiger partial charge in [0, 0.05) is 13.1 Å². The first-order valence-corrected chi connectivity index (χ1v) is 6.25. The van der Waals surface area contributed by atoms with E-state index in [2.05, 4.69) is 54.3 Å². The second kappa shape index (κ2) is 7.89. The van der Waals surface area contributed by atoms with E-state index in [0.717, 1.165) is 26.2 Å². The standard InChI is InChI=1S/C15H22N2/c1-4-11-16-12-14-9-7-8-10-15(14)13-17(5-2)6-3/h1,7-10,16H,5-6,11-13H2,2-3H3. The van der Waals surface area contributed by atoms with Crippen LogP contribution in [0.25, 0.3) is 0 Å². The van der Waals surface area contributed by atoms with Crippen molar-refractivity contribution < 1.29 is 0 Å². The Morgan fingerprint density at radius 2 is 1.82 bits per heavy atom. The molecule has 1 aromatic carbocycles. The van der Waals surface area contributed by atoms with E-state index in [1.54, 1.807) is 0 Å². The van der Waals surface area contributed by atoms with Gasteiger partial charge in [0.05, 0.1) is 6.54 Å². The first-order chi connectivity index (χ1) is 8.31. The van der Waals surface area contributed by atoms with Crippen LogP contribution in [-0.2, 0) is 13.1 Å². The van der Waals surface area contributed by atoms with Crippen molar-refractivity contribution in [2.24, 2.45) is 0 Å². The monoisotopic (exact) mass is 230 g/mol. The summed E-state index contributed by atoms with van der Waals surface area (Å²) in [4.78, 5) is 2.42. The zero-order valence-corrected chi connectivity index (χ0v) is 10.9. The molecule has 1 N–H and O–H groups in total. The third kappa shape index (κ3) is 4.60. The number of hydrogen-bond acceptors (Lipinski definition) is 2. The maximum atomic E-state index is 5.23. The van der Waals surface area contributed by atoms with Gasteiger partial charge in [0.2, 0.25) is 0 Å². The second-order valence-corrected chi connectivity index (χ2v) is 4.04. The van der Waals surface area contributed by atoms with E-state index >= 15 is 0 Å². The van der Waals surface area contributed by atoms with Gasteiger partial charge in [-0.05, 0) is 24.2 Å². The zero-order valence-electron chi connectivity index (χ0n) is 10.9. The molecule has 17 heavy (non-hydrogen) atoms. The second-order valence-electron chi connectivity index (χ2n) is 4.04. The third-order valence-corrected chi connectivity index (χ3v) is 2.95. The van der Waals surface area contributed by atoms with Crippen LogP contribution in [0.3, 0.4) is 0 Å². The van der Waals surface area contributed by atoms with Crippen LogP contribution in [0.1, 0.15) is 25.0 Å². The number of terminal acetylenes is 1. The van der Waals surface area contributed by atoms with Gasteiger partial charge in [0.15, 0.2) is 0 Å². The van der Waals surface area contributed by atoms with Gasteiger partial charge in [-0.25, -0.2) is 0 Å². The fraction of sp³-hybridized carbons (Fsp3) is 0.467. The number of benzene rings is 1. The minimum absolute atomic E-state index is 0.625. The molecule has 0 saturated heterocycles. The van der Waals surface area contributed by atoms with Crippen molar-refractivity contribution in [3.05, 3.63) is 35.4 Å². The Bertz CT molecular complexity index is 361. The van der Waals surface area contributed by atoms with E-state index in [1.807, 2.05) is 0 Å². The maximum absolute atomic E-state index is 5.23. The molecular formula is C15H22N2. The Labute approximate surface area is 105 Å². The lowest BCUT2D eigenvalue weighted by Crippen LogP contribution is -2.23. The van der Waals surface area contributed by atoms with Gasteiger partial charge in [-0.3, -0.25) is 4.90 Å². The molecule has 0 aliphatic carbocycles. The number of nitrogens with one attached hydrogen (secondary N) is 1. The lowest BCUT2D eigenvalue weighted by atomic mass is 10.1. The largest absolute Gasteiger partial charge is 0.302 e. The molecule has 0 aromatic heterocycles. The summed E-state index contributed by atoms with van der Waals surface area (Å²) in [6, 6.07) is 8.55. The SMILES string of the molecule is C#CCNCc1ccccc1CN(CC)CC. The summed E-state index contributed by atoms with van der Waals surface area (Å²) in [6.45, 7) is 9.05. The smallest absolute Gasteiger partial charge is 0.0576 e. The van der Waals surface area contributed by atoms with Gasteiger partial charge >= 0.3 is 0 Å². The van der Waals surface area contributed by atoms with Crippen LogP contribution in [0, 0.1) is 12.3 Å². The molecule has 0 atom stereocenters. The summed E-state index contributed by atoms with van der Waals surface area (Å²) in [6.07, 6.45) is 5.23. The highest BCUT2D eigenvalue weighted by molar-refractivity contribution is 5.27. The molecule has 0 spiro atoms. The Morgan fingerprint density at radius 3 is 2.41 bits per heavy atom. The average molecular weight is 230 g/mol. The molecule has 0 bridgehead atoms. The normalized spacial score (nSPS) is 10.5. The summed E-state index contributed by atoms with van der Waals surface area (Å²) in [5.74, 6) is 2.60. The van der Waals surface area contributed by atoms with Gasteiger partial charge in [-0.1, -0.05) is 44.0 Å². The molecule has 2 heteroatoms. The van der Waals surface area contributed by atoms with Crippen LogP contribution < -0.4 is 5.32 Å². The summed E-state index contributed by atoms with van der Waals surface area (Å²) in [7, 11) is 0. The first kappa shape index (κ1) is 13.8. The van der Waals surface area contributed by atoms with Crippen LogP contribution >= 0.6 is 0 Å². The molecule has 0 aliphatic rings. The van der Waals surface area contributed by atoms with Crippen LogP contribution in [0.5, 0.6) is 0 Å². The summed E-state index contributed by atoms with van der Waals surface area (Å²) in [5, 5.41) is 3.25. The van der Waals surface area contributed by atoms with Crippen molar-refractivity contribution in [2.45, 2.75) is 26.9 Å². The van der Waals surface area contributed by atoms with Crippen molar-refractivity contribution >= 4 is 0 Å². The van der Waals surface area contributed by atoms with E-state index in [-0.39, 0.29) is 0 Å². The summed E-state index contributed by atoms with van der Waals surface area (Å²) >= 11 is 0. The average Bonchev–Trinajstić information content (AvgIpc) is 2.38. The lowest BCUT2D eigenvalue weighted by molar-refractivity contribution is 0.295. The minimum atomic E-state index is 0.625. The maximum Gasteiger partial charge on any atom is 0.0576 e. The van der Waals surface area contributed by atoms with E-state index in [0.29, 0.717) is 6.54 Å². The number of nitrogens with zero attached hydrogens (tertiary/aromatic N) is 1. The van der Waals surface area contributed by atoms with Crippen molar-refractivity contribution in [3.8, 4) is 12.3 Å². The highest BCUT2D eigenvalue weighted by Gasteiger charge is 2.05. The topological polar surface area (TPSA) is 15.3 Å². The van der Waals surface area contributed by atoms with E-state index in [4.69, 9.17) is 6.42 Å². The van der Waals surface area contributed by atoms with Crippen LogP contribution in [0.15, 0.2) is 24.3 Å². The van der Waals surface area contributed by atoms with Gasteiger partial charge < -0.3 is 5.32 Å². The summed E-state index contributed by atoms with van der Waals surface area (Å²) in [5.41, 5.74) is 2.73. The fourth-order valence-corrected chi connectivity index (χ4v) is 1.84. The molecule has 2 nitrogen and oxygen atoms in total. The molecule has 0 unspecified atom stereocenters. The predicted molar refractivity (Wildman–Crippen MR) is 73.6 cm³/mol. The van der Waals surface area contributed by atoms with Crippen molar-refractivity contribution in [1.82, 2.24) is 10.2 Å². The molecule has 92 valence electrons. The Kier molecular flexibility index (Phi) is 6.39. The molecule has 1 aromatic rings. The zero-order chi connectivity index (χ0) is 12.5. The fourth-order valence-electron chi connectivity index (χ4n) is 1.84. The Hall–Kier alpha value is -1.30. The highest BCUT2D eigenvalue weighted by Crippen LogP contribution is 2.11. The molecule has 0 heterocycles. The quantitative estimate of drug-likeness (QED) is 0.571. The summed E-state index contributed by atoms with van der Waals surface area (Å²) < 4.78 is 0. The molecule has 0 radical (unpaired) electrons. The highest BCUT2D eigenvalue weighted by atomic mass is 15.1. The Balaban J connectivity index is 2.67. The first-order valence-electron chi connectivity index (χ1n) is 6.25. The molecule has 1 rings (SSSR count). The van der Waals surface area contributed by atoms with Gasteiger partial charge in [0.1, 0.15) is 0 Å².